The molecular weight excluding hydrogens is 314 g/mol. The summed E-state index contributed by atoms with van der Waals surface area (Å²) in [6, 6.07) is 4.14. The normalized spacial score (nSPS) is 10.7. The summed E-state index contributed by atoms with van der Waals surface area (Å²) < 4.78 is 14.7. The van der Waals surface area contributed by atoms with Crippen molar-refractivity contribution in [2.75, 3.05) is 20.8 Å². The fourth-order valence-electron chi connectivity index (χ4n) is 1.80. The van der Waals surface area contributed by atoms with Gasteiger partial charge in [0.1, 0.15) is 5.75 Å². The zero-order valence-electron chi connectivity index (χ0n) is 14.6. The molecular formula is C17H23NO6. The number of ether oxygens (including phenoxy) is 3. The first kappa shape index (κ1) is 19.5. The van der Waals surface area contributed by atoms with Gasteiger partial charge in [0.05, 0.1) is 25.3 Å². The summed E-state index contributed by atoms with van der Waals surface area (Å²) in [5.41, 5.74) is -0.0831. The smallest absolute Gasteiger partial charge is 0.338 e. The van der Waals surface area contributed by atoms with Gasteiger partial charge in [0.25, 0.3) is 5.91 Å². The van der Waals surface area contributed by atoms with Crippen molar-refractivity contribution in [2.45, 2.75) is 32.7 Å². The Kier molecular flexibility index (Phi) is 6.76. The van der Waals surface area contributed by atoms with Gasteiger partial charge in [-0.15, -0.1) is 0 Å². The third-order valence-electron chi connectivity index (χ3n) is 3.48. The van der Waals surface area contributed by atoms with Crippen LogP contribution in [0.25, 0.3) is 0 Å². The minimum atomic E-state index is -0.623. The molecule has 0 atom stereocenters. The lowest BCUT2D eigenvalue weighted by molar-refractivity contribution is -0.124. The van der Waals surface area contributed by atoms with Crippen molar-refractivity contribution in [1.29, 1.82) is 0 Å². The standard InChI is InChI=1S/C17H23NO6/c1-6-17(2,3)18-14(19)10-24-13-8-11(15(20)22-4)7-12(9-13)16(21)23-5/h7-9H,6,10H2,1-5H3,(H,18,19). The van der Waals surface area contributed by atoms with E-state index in [9.17, 15) is 14.4 Å². The monoisotopic (exact) mass is 337 g/mol. The molecule has 0 radical (unpaired) electrons. The highest BCUT2D eigenvalue weighted by Crippen LogP contribution is 2.19. The van der Waals surface area contributed by atoms with Crippen LogP contribution in [-0.4, -0.2) is 44.2 Å². The van der Waals surface area contributed by atoms with Crippen molar-refractivity contribution in [3.63, 3.8) is 0 Å². The van der Waals surface area contributed by atoms with E-state index in [4.69, 9.17) is 4.74 Å². The number of nitrogens with one attached hydrogen (secondary N) is 1. The topological polar surface area (TPSA) is 90.9 Å². The average Bonchev–Trinajstić information content (AvgIpc) is 2.57. The van der Waals surface area contributed by atoms with Gasteiger partial charge in [-0.25, -0.2) is 9.59 Å². The predicted molar refractivity (Wildman–Crippen MR) is 87.1 cm³/mol. The van der Waals surface area contributed by atoms with Crippen LogP contribution in [0.15, 0.2) is 18.2 Å². The van der Waals surface area contributed by atoms with Crippen molar-refractivity contribution in [2.24, 2.45) is 0 Å². The summed E-state index contributed by atoms with van der Waals surface area (Å²) in [6.45, 7) is 5.52. The van der Waals surface area contributed by atoms with Crippen LogP contribution in [0.3, 0.4) is 0 Å². The fraction of sp³-hybridized carbons (Fsp3) is 0.471. The lowest BCUT2D eigenvalue weighted by Gasteiger charge is -2.24. The second-order valence-electron chi connectivity index (χ2n) is 5.80. The van der Waals surface area contributed by atoms with Gasteiger partial charge in [0, 0.05) is 5.54 Å². The van der Waals surface area contributed by atoms with E-state index >= 15 is 0 Å². The summed E-state index contributed by atoms with van der Waals surface area (Å²) in [7, 11) is 2.46. The Hall–Kier alpha value is -2.57. The maximum absolute atomic E-state index is 11.9. The van der Waals surface area contributed by atoms with Gasteiger partial charge < -0.3 is 19.5 Å². The average molecular weight is 337 g/mol. The second kappa shape index (κ2) is 8.33. The summed E-state index contributed by atoms with van der Waals surface area (Å²) in [5, 5.41) is 2.83. The number of amides is 1. The summed E-state index contributed by atoms with van der Waals surface area (Å²) >= 11 is 0. The van der Waals surface area contributed by atoms with E-state index in [1.807, 2.05) is 20.8 Å². The molecule has 0 aliphatic rings. The Balaban J connectivity index is 2.92. The van der Waals surface area contributed by atoms with E-state index < -0.39 is 11.9 Å². The van der Waals surface area contributed by atoms with Crippen LogP contribution in [0.2, 0.25) is 0 Å². The van der Waals surface area contributed by atoms with Gasteiger partial charge in [0.15, 0.2) is 6.61 Å². The van der Waals surface area contributed by atoms with Gasteiger partial charge >= 0.3 is 11.9 Å². The number of hydrogen-bond donors (Lipinski definition) is 1. The van der Waals surface area contributed by atoms with Gasteiger partial charge in [0.2, 0.25) is 0 Å². The van der Waals surface area contributed by atoms with E-state index in [0.29, 0.717) is 0 Å². The second-order valence-corrected chi connectivity index (χ2v) is 5.80. The van der Waals surface area contributed by atoms with Gasteiger partial charge in [-0.2, -0.15) is 0 Å². The molecule has 0 bridgehead atoms. The number of benzene rings is 1. The summed E-state index contributed by atoms with van der Waals surface area (Å²) in [5.74, 6) is -1.35. The molecule has 1 amide bonds. The molecule has 0 saturated heterocycles. The molecule has 0 saturated carbocycles. The van der Waals surface area contributed by atoms with Crippen LogP contribution in [0.4, 0.5) is 0 Å². The highest BCUT2D eigenvalue weighted by atomic mass is 16.5. The maximum Gasteiger partial charge on any atom is 0.338 e. The number of hydrogen-bond acceptors (Lipinski definition) is 6. The molecule has 0 aromatic heterocycles. The number of carbonyl (C=O) groups excluding carboxylic acids is 3. The predicted octanol–water partition coefficient (Wildman–Crippen LogP) is 1.94. The van der Waals surface area contributed by atoms with Gasteiger partial charge in [-0.3, -0.25) is 4.79 Å². The van der Waals surface area contributed by atoms with E-state index in [1.54, 1.807) is 0 Å². The summed E-state index contributed by atoms with van der Waals surface area (Å²) in [6.07, 6.45) is 0.767. The van der Waals surface area contributed by atoms with Crippen molar-refractivity contribution >= 4 is 17.8 Å². The Morgan fingerprint density at radius 1 is 1.00 bits per heavy atom. The quantitative estimate of drug-likeness (QED) is 0.765. The molecule has 0 heterocycles. The zero-order valence-corrected chi connectivity index (χ0v) is 14.6. The molecule has 1 rings (SSSR count). The highest BCUT2D eigenvalue weighted by molar-refractivity contribution is 5.96. The molecule has 1 aromatic carbocycles. The van der Waals surface area contributed by atoms with Crippen LogP contribution in [-0.2, 0) is 14.3 Å². The highest BCUT2D eigenvalue weighted by Gasteiger charge is 2.19. The molecule has 0 fully saturated rings. The third-order valence-corrected chi connectivity index (χ3v) is 3.48. The first-order valence-electron chi connectivity index (χ1n) is 7.48. The SMILES string of the molecule is CCC(C)(C)NC(=O)COc1cc(C(=O)OC)cc(C(=O)OC)c1. The molecule has 0 unspecified atom stereocenters. The number of esters is 2. The largest absolute Gasteiger partial charge is 0.484 e. The Bertz CT molecular complexity index is 589. The lowest BCUT2D eigenvalue weighted by Crippen LogP contribution is -2.44. The number of methoxy groups -OCH3 is 2. The molecule has 1 N–H and O–H groups in total. The zero-order chi connectivity index (χ0) is 18.3. The first-order chi connectivity index (χ1) is 11.2. The lowest BCUT2D eigenvalue weighted by atomic mass is 10.0. The Labute approximate surface area is 141 Å². The van der Waals surface area contributed by atoms with Crippen LogP contribution >= 0.6 is 0 Å². The Morgan fingerprint density at radius 2 is 1.50 bits per heavy atom. The van der Waals surface area contributed by atoms with Gasteiger partial charge in [-0.1, -0.05) is 6.92 Å². The molecule has 7 nitrogen and oxygen atoms in total. The van der Waals surface area contributed by atoms with Crippen molar-refractivity contribution in [3.8, 4) is 5.75 Å². The minimum Gasteiger partial charge on any atom is -0.484 e. The molecule has 132 valence electrons. The van der Waals surface area contributed by atoms with Gasteiger partial charge in [-0.05, 0) is 38.5 Å². The number of rotatable bonds is 7. The third kappa shape index (κ3) is 5.57. The molecule has 0 aliphatic carbocycles. The van der Waals surface area contributed by atoms with Crippen molar-refractivity contribution in [3.05, 3.63) is 29.3 Å². The fourth-order valence-corrected chi connectivity index (χ4v) is 1.80. The number of carbonyl (C=O) groups is 3. The first-order valence-corrected chi connectivity index (χ1v) is 7.48. The van der Waals surface area contributed by atoms with Crippen molar-refractivity contribution in [1.82, 2.24) is 5.32 Å². The molecule has 1 aromatic rings. The van der Waals surface area contributed by atoms with Crippen LogP contribution in [0.5, 0.6) is 5.75 Å². The molecule has 0 spiro atoms. The van der Waals surface area contributed by atoms with Crippen molar-refractivity contribution < 1.29 is 28.6 Å². The molecule has 0 aliphatic heterocycles. The molecule has 24 heavy (non-hydrogen) atoms. The van der Waals surface area contributed by atoms with Crippen LogP contribution in [0.1, 0.15) is 47.9 Å². The van der Waals surface area contributed by atoms with E-state index in [0.717, 1.165) is 6.42 Å². The van der Waals surface area contributed by atoms with E-state index in [2.05, 4.69) is 14.8 Å². The molecule has 7 heteroatoms. The van der Waals surface area contributed by atoms with Crippen LogP contribution < -0.4 is 10.1 Å². The van der Waals surface area contributed by atoms with E-state index in [-0.39, 0.29) is 34.9 Å². The van der Waals surface area contributed by atoms with E-state index in [1.165, 1.54) is 32.4 Å². The maximum atomic E-state index is 11.9. The van der Waals surface area contributed by atoms with Crippen LogP contribution in [0, 0.1) is 0 Å². The summed E-state index contributed by atoms with van der Waals surface area (Å²) in [4.78, 5) is 35.3. The Morgan fingerprint density at radius 3 is 1.92 bits per heavy atom. The minimum absolute atomic E-state index is 0.129.